The van der Waals surface area contributed by atoms with Crippen LogP contribution in [0.15, 0.2) is 116 Å². The van der Waals surface area contributed by atoms with Gasteiger partial charge in [-0.05, 0) is 36.0 Å². The number of allylic oxidation sites excluding steroid dienone is 1. The highest BCUT2D eigenvalue weighted by Gasteiger charge is 2.39. The monoisotopic (exact) mass is 382 g/mol. The molecule has 0 spiro atoms. The van der Waals surface area contributed by atoms with Crippen molar-refractivity contribution in [1.82, 2.24) is 0 Å². The summed E-state index contributed by atoms with van der Waals surface area (Å²) in [5, 5.41) is 0. The second kappa shape index (κ2) is 10.0. The van der Waals surface area contributed by atoms with E-state index in [9.17, 15) is 0 Å². The van der Waals surface area contributed by atoms with Crippen molar-refractivity contribution in [3.63, 3.8) is 0 Å². The Hall–Kier alpha value is -2.90. The van der Waals surface area contributed by atoms with Gasteiger partial charge in [0.2, 0.25) is 0 Å². The van der Waals surface area contributed by atoms with E-state index >= 15 is 0 Å². The van der Waals surface area contributed by atoms with Crippen molar-refractivity contribution in [3.05, 3.63) is 132 Å². The minimum atomic E-state index is -0.712. The molecule has 0 amide bonds. The largest absolute Gasteiger partial charge is 0.354 e. The maximum atomic E-state index is 6.98. The van der Waals surface area contributed by atoms with Crippen molar-refractivity contribution in [2.24, 2.45) is 0 Å². The van der Waals surface area contributed by atoms with E-state index in [1.807, 2.05) is 24.3 Å². The van der Waals surface area contributed by atoms with Crippen molar-refractivity contribution >= 4 is 0 Å². The molecule has 0 radical (unpaired) electrons. The number of ether oxygens (including phenoxy) is 1. The minimum absolute atomic E-state index is 0.0982. The zero-order chi connectivity index (χ0) is 20.5. The molecule has 148 valence electrons. The zero-order valence-electron chi connectivity index (χ0n) is 17.3. The van der Waals surface area contributed by atoms with Crippen LogP contribution in [0.25, 0.3) is 0 Å². The van der Waals surface area contributed by atoms with Crippen LogP contribution in [0.5, 0.6) is 0 Å². The molecule has 3 rings (SSSR count). The van der Waals surface area contributed by atoms with Crippen LogP contribution in [0.2, 0.25) is 0 Å². The molecule has 3 aromatic carbocycles. The average Bonchev–Trinajstić information content (AvgIpc) is 2.81. The highest BCUT2D eigenvalue weighted by molar-refractivity contribution is 5.47. The summed E-state index contributed by atoms with van der Waals surface area (Å²) in [6.07, 6.45) is 4.61. The first kappa shape index (κ1) is 20.8. The summed E-state index contributed by atoms with van der Waals surface area (Å²) in [5.74, 6) is 0. The smallest absolute Gasteiger partial charge is 0.144 e. The maximum absolute atomic E-state index is 6.98. The summed E-state index contributed by atoms with van der Waals surface area (Å²) in [5.41, 5.74) is 3.86. The molecule has 3 aromatic rings. The molecule has 0 bridgehead atoms. The van der Waals surface area contributed by atoms with Gasteiger partial charge in [0.25, 0.3) is 0 Å². The van der Waals surface area contributed by atoms with Gasteiger partial charge in [0, 0.05) is 0 Å². The highest BCUT2D eigenvalue weighted by atomic mass is 16.5. The molecule has 0 fully saturated rings. The topological polar surface area (TPSA) is 9.23 Å². The molecule has 29 heavy (non-hydrogen) atoms. The van der Waals surface area contributed by atoms with Gasteiger partial charge < -0.3 is 4.74 Å². The van der Waals surface area contributed by atoms with E-state index < -0.39 is 5.60 Å². The molecule has 0 heterocycles. The van der Waals surface area contributed by atoms with Gasteiger partial charge in [0.15, 0.2) is 0 Å². The normalized spacial score (nSPS) is 12.3. The lowest BCUT2D eigenvalue weighted by atomic mass is 9.79. The van der Waals surface area contributed by atoms with E-state index in [4.69, 9.17) is 4.74 Å². The van der Waals surface area contributed by atoms with Gasteiger partial charge in [-0.25, -0.2) is 0 Å². The third-order valence-corrected chi connectivity index (χ3v) is 5.41. The zero-order valence-corrected chi connectivity index (χ0v) is 17.3. The summed E-state index contributed by atoms with van der Waals surface area (Å²) in [4.78, 5) is 0. The molecule has 0 aliphatic rings. The molecule has 1 unspecified atom stereocenters. The van der Waals surface area contributed by atoms with Crippen LogP contribution in [-0.2, 0) is 10.3 Å². The molecule has 1 heteroatoms. The summed E-state index contributed by atoms with van der Waals surface area (Å²) < 4.78 is 6.98. The minimum Gasteiger partial charge on any atom is -0.354 e. The standard InChI is InChI=1S/C28H30O/c1-4-23(3)21-22-27(5-2)29-28(24-15-9-6-10-16-24,25-17-11-7-12-18-25)26-19-13-8-14-20-26/h5-20,27H,2-4,21-22H2,1H3. The summed E-state index contributed by atoms with van der Waals surface area (Å²) >= 11 is 0. The van der Waals surface area contributed by atoms with Gasteiger partial charge in [-0.1, -0.05) is 116 Å². The number of hydrogen-bond donors (Lipinski definition) is 0. The van der Waals surface area contributed by atoms with E-state index in [1.165, 1.54) is 5.57 Å². The third kappa shape index (κ3) is 4.75. The Balaban J connectivity index is 2.14. The van der Waals surface area contributed by atoms with Crippen molar-refractivity contribution < 1.29 is 4.74 Å². The molecule has 1 nitrogen and oxygen atoms in total. The molecule has 0 aromatic heterocycles. The van der Waals surface area contributed by atoms with Gasteiger partial charge in [-0.15, -0.1) is 6.58 Å². The fourth-order valence-electron chi connectivity index (χ4n) is 3.70. The van der Waals surface area contributed by atoms with E-state index in [1.54, 1.807) is 0 Å². The van der Waals surface area contributed by atoms with Gasteiger partial charge in [0.1, 0.15) is 5.60 Å². The number of hydrogen-bond acceptors (Lipinski definition) is 1. The predicted molar refractivity (Wildman–Crippen MR) is 123 cm³/mol. The maximum Gasteiger partial charge on any atom is 0.144 e. The molecule has 0 saturated heterocycles. The summed E-state index contributed by atoms with van der Waals surface area (Å²) in [7, 11) is 0. The van der Waals surface area contributed by atoms with Crippen LogP contribution in [0, 0.1) is 0 Å². The van der Waals surface area contributed by atoms with Crippen molar-refractivity contribution in [1.29, 1.82) is 0 Å². The SMILES string of the molecule is C=CC(CCC(=C)CC)OC(c1ccccc1)(c1ccccc1)c1ccccc1. The lowest BCUT2D eigenvalue weighted by Crippen LogP contribution is -2.36. The lowest BCUT2D eigenvalue weighted by molar-refractivity contribution is -0.0274. The van der Waals surface area contributed by atoms with Crippen LogP contribution in [0.3, 0.4) is 0 Å². The molecule has 0 saturated carbocycles. The van der Waals surface area contributed by atoms with Gasteiger partial charge >= 0.3 is 0 Å². The number of benzene rings is 3. The second-order valence-electron chi connectivity index (χ2n) is 7.31. The van der Waals surface area contributed by atoms with Gasteiger partial charge in [-0.3, -0.25) is 0 Å². The first-order valence-corrected chi connectivity index (χ1v) is 10.3. The average molecular weight is 383 g/mol. The molecule has 0 aliphatic heterocycles. The summed E-state index contributed by atoms with van der Waals surface area (Å²) in [6, 6.07) is 31.4. The van der Waals surface area contributed by atoms with Gasteiger partial charge in [-0.2, -0.15) is 0 Å². The van der Waals surface area contributed by atoms with Crippen LogP contribution in [-0.4, -0.2) is 6.10 Å². The Morgan fingerprint density at radius 1 is 0.828 bits per heavy atom. The number of rotatable bonds is 10. The van der Waals surface area contributed by atoms with Crippen LogP contribution >= 0.6 is 0 Å². The third-order valence-electron chi connectivity index (χ3n) is 5.41. The first-order valence-electron chi connectivity index (χ1n) is 10.3. The molecule has 0 N–H and O–H groups in total. The second-order valence-corrected chi connectivity index (χ2v) is 7.31. The fourth-order valence-corrected chi connectivity index (χ4v) is 3.70. The van der Waals surface area contributed by atoms with Crippen molar-refractivity contribution in [2.45, 2.75) is 37.9 Å². The van der Waals surface area contributed by atoms with E-state index in [2.05, 4.69) is 92.9 Å². The first-order chi connectivity index (χ1) is 14.2. The Kier molecular flexibility index (Phi) is 7.21. The highest BCUT2D eigenvalue weighted by Crippen LogP contribution is 2.42. The molecular formula is C28H30O. The van der Waals surface area contributed by atoms with Crippen LogP contribution in [0.1, 0.15) is 42.9 Å². The van der Waals surface area contributed by atoms with Crippen molar-refractivity contribution in [3.8, 4) is 0 Å². The Morgan fingerprint density at radius 3 is 1.59 bits per heavy atom. The Labute approximate surface area is 175 Å². The Bertz CT molecular complexity index is 800. The van der Waals surface area contributed by atoms with Crippen LogP contribution in [0.4, 0.5) is 0 Å². The Morgan fingerprint density at radius 2 is 1.24 bits per heavy atom. The molecule has 0 aliphatic carbocycles. The van der Waals surface area contributed by atoms with Crippen molar-refractivity contribution in [2.75, 3.05) is 0 Å². The fraction of sp³-hybridized carbons (Fsp3) is 0.214. The van der Waals surface area contributed by atoms with E-state index in [-0.39, 0.29) is 6.10 Å². The molecular weight excluding hydrogens is 352 g/mol. The van der Waals surface area contributed by atoms with E-state index in [0.717, 1.165) is 36.0 Å². The predicted octanol–water partition coefficient (Wildman–Crippen LogP) is 7.30. The molecule has 1 atom stereocenters. The quantitative estimate of drug-likeness (QED) is 0.264. The lowest BCUT2D eigenvalue weighted by Gasteiger charge is -2.38. The summed E-state index contributed by atoms with van der Waals surface area (Å²) in [6.45, 7) is 10.4. The van der Waals surface area contributed by atoms with Crippen LogP contribution < -0.4 is 0 Å². The van der Waals surface area contributed by atoms with E-state index in [0.29, 0.717) is 0 Å². The van der Waals surface area contributed by atoms with Gasteiger partial charge in [0.05, 0.1) is 6.10 Å².